The van der Waals surface area contributed by atoms with Gasteiger partial charge in [-0.25, -0.2) is 9.78 Å². The van der Waals surface area contributed by atoms with E-state index in [4.69, 9.17) is 0 Å². The minimum atomic E-state index is -0.947. The van der Waals surface area contributed by atoms with Crippen molar-refractivity contribution in [1.82, 2.24) is 19.9 Å². The van der Waals surface area contributed by atoms with Crippen LogP contribution in [0.25, 0.3) is 0 Å². The summed E-state index contributed by atoms with van der Waals surface area (Å²) < 4.78 is 1.21. The van der Waals surface area contributed by atoms with Gasteiger partial charge in [0, 0.05) is 5.92 Å². The normalized spacial score (nSPS) is 31.9. The van der Waals surface area contributed by atoms with Crippen LogP contribution in [0, 0.1) is 5.92 Å². The van der Waals surface area contributed by atoms with Gasteiger partial charge in [0.2, 0.25) is 5.91 Å². The van der Waals surface area contributed by atoms with Gasteiger partial charge in [-0.05, 0) is 12.8 Å². The highest BCUT2D eigenvalue weighted by molar-refractivity contribution is 6.05. The van der Waals surface area contributed by atoms with E-state index in [9.17, 15) is 14.4 Å². The van der Waals surface area contributed by atoms with Crippen molar-refractivity contribution in [1.29, 1.82) is 0 Å². The molecular formula is C9H8N4O3. The molecule has 2 aliphatic heterocycles. The summed E-state index contributed by atoms with van der Waals surface area (Å²) in [4.78, 5) is 41.8. The van der Waals surface area contributed by atoms with E-state index in [2.05, 4.69) is 15.3 Å². The Morgan fingerprint density at radius 2 is 2.12 bits per heavy atom. The Hall–Kier alpha value is -2.05. The number of amides is 2. The standard InChI is InChI=1S/C9H8N4O3/c14-6-5-1-9(2-5,7(15)12-6)13-4-10-3-11-8(13)16/h3-5H,1-2H2,(H,12,14,15). The molecular weight excluding hydrogens is 212 g/mol. The van der Waals surface area contributed by atoms with Crippen LogP contribution >= 0.6 is 0 Å². The number of carbonyl (C=O) groups excluding carboxylic acids is 2. The molecule has 0 unspecified atom stereocenters. The fraction of sp³-hybridized carbons (Fsp3) is 0.444. The second-order valence-electron chi connectivity index (χ2n) is 4.12. The molecule has 0 aromatic carbocycles. The third kappa shape index (κ3) is 0.944. The first-order valence-corrected chi connectivity index (χ1v) is 4.88. The first-order valence-electron chi connectivity index (χ1n) is 4.88. The van der Waals surface area contributed by atoms with Crippen LogP contribution in [0.1, 0.15) is 12.8 Å². The SMILES string of the molecule is O=C1NC(=O)C2(n3cncnc3=O)CC1C2. The van der Waals surface area contributed by atoms with Gasteiger partial charge in [-0.1, -0.05) is 0 Å². The molecule has 3 fully saturated rings. The minimum absolute atomic E-state index is 0.176. The quantitative estimate of drug-likeness (QED) is 0.575. The van der Waals surface area contributed by atoms with Gasteiger partial charge in [-0.3, -0.25) is 19.5 Å². The average Bonchev–Trinajstić information content (AvgIpc) is 2.17. The molecule has 3 heterocycles. The summed E-state index contributed by atoms with van der Waals surface area (Å²) in [6.45, 7) is 0. The van der Waals surface area contributed by atoms with Crippen LogP contribution in [-0.2, 0) is 15.1 Å². The summed E-state index contributed by atoms with van der Waals surface area (Å²) >= 11 is 0. The van der Waals surface area contributed by atoms with Crippen molar-refractivity contribution in [2.45, 2.75) is 18.4 Å². The summed E-state index contributed by atoms with van der Waals surface area (Å²) in [5, 5.41) is 2.25. The molecule has 1 aliphatic carbocycles. The molecule has 4 rings (SSSR count). The van der Waals surface area contributed by atoms with Gasteiger partial charge < -0.3 is 0 Å². The van der Waals surface area contributed by atoms with Crippen molar-refractivity contribution in [2.24, 2.45) is 5.92 Å². The van der Waals surface area contributed by atoms with Crippen LogP contribution in [0.2, 0.25) is 0 Å². The number of hydrogen-bond acceptors (Lipinski definition) is 5. The first-order chi connectivity index (χ1) is 7.63. The zero-order valence-corrected chi connectivity index (χ0v) is 8.21. The molecule has 2 amide bonds. The van der Waals surface area contributed by atoms with E-state index < -0.39 is 17.1 Å². The summed E-state index contributed by atoms with van der Waals surface area (Å²) in [5.74, 6) is -0.863. The summed E-state index contributed by atoms with van der Waals surface area (Å²) in [5.41, 5.74) is -1.46. The second-order valence-corrected chi connectivity index (χ2v) is 4.12. The van der Waals surface area contributed by atoms with Gasteiger partial charge in [0.25, 0.3) is 5.91 Å². The van der Waals surface area contributed by atoms with Crippen LogP contribution in [0.4, 0.5) is 0 Å². The molecule has 7 heteroatoms. The lowest BCUT2D eigenvalue weighted by Crippen LogP contribution is -2.68. The van der Waals surface area contributed by atoms with Gasteiger partial charge in [0.05, 0.1) is 0 Å². The molecule has 3 aliphatic rings. The number of piperidine rings is 2. The van der Waals surface area contributed by atoms with Gasteiger partial charge in [-0.15, -0.1) is 0 Å². The molecule has 2 bridgehead atoms. The number of nitrogens with one attached hydrogen (secondary N) is 1. The number of rotatable bonds is 1. The molecule has 1 aromatic rings. The number of aromatic nitrogens is 3. The molecule has 1 aromatic heterocycles. The minimum Gasteiger partial charge on any atom is -0.294 e. The topological polar surface area (TPSA) is 93.9 Å². The van der Waals surface area contributed by atoms with Crippen molar-refractivity contribution >= 4 is 11.8 Å². The van der Waals surface area contributed by atoms with E-state index in [1.807, 2.05) is 0 Å². The van der Waals surface area contributed by atoms with Gasteiger partial charge >= 0.3 is 5.69 Å². The predicted molar refractivity (Wildman–Crippen MR) is 50.1 cm³/mol. The zero-order valence-electron chi connectivity index (χ0n) is 8.21. The van der Waals surface area contributed by atoms with E-state index in [-0.39, 0.29) is 11.8 Å². The summed E-state index contributed by atoms with van der Waals surface area (Å²) in [6, 6.07) is 0. The van der Waals surface area contributed by atoms with E-state index in [0.717, 1.165) is 6.33 Å². The van der Waals surface area contributed by atoms with Gasteiger partial charge in [0.1, 0.15) is 18.2 Å². The fourth-order valence-electron chi connectivity index (χ4n) is 2.35. The van der Waals surface area contributed by atoms with Crippen LogP contribution in [0.5, 0.6) is 0 Å². The lowest BCUT2D eigenvalue weighted by molar-refractivity contribution is -0.157. The number of fused-ring (bicyclic) bond motifs is 2. The largest absolute Gasteiger partial charge is 0.351 e. The number of carbonyl (C=O) groups is 2. The molecule has 16 heavy (non-hydrogen) atoms. The number of nitrogens with zero attached hydrogens (tertiary/aromatic N) is 3. The highest BCUT2D eigenvalue weighted by Gasteiger charge is 2.59. The van der Waals surface area contributed by atoms with Crippen molar-refractivity contribution in [3.05, 3.63) is 23.1 Å². The molecule has 0 spiro atoms. The van der Waals surface area contributed by atoms with Gasteiger partial charge in [0.15, 0.2) is 0 Å². The Balaban J connectivity index is 2.09. The Labute approximate surface area is 89.5 Å². The van der Waals surface area contributed by atoms with Crippen LogP contribution < -0.4 is 11.0 Å². The van der Waals surface area contributed by atoms with E-state index in [1.165, 1.54) is 10.9 Å². The molecule has 2 saturated heterocycles. The Bertz CT molecular complexity index is 544. The summed E-state index contributed by atoms with van der Waals surface area (Å²) in [6.07, 6.45) is 3.16. The molecule has 7 nitrogen and oxygen atoms in total. The van der Waals surface area contributed by atoms with E-state index in [1.54, 1.807) is 0 Å². The van der Waals surface area contributed by atoms with Gasteiger partial charge in [-0.2, -0.15) is 4.98 Å². The Morgan fingerprint density at radius 1 is 1.38 bits per heavy atom. The molecule has 1 N–H and O–H groups in total. The third-order valence-corrected chi connectivity index (χ3v) is 3.28. The average molecular weight is 220 g/mol. The van der Waals surface area contributed by atoms with E-state index in [0.29, 0.717) is 12.8 Å². The van der Waals surface area contributed by atoms with E-state index >= 15 is 0 Å². The van der Waals surface area contributed by atoms with Crippen LogP contribution in [0.15, 0.2) is 17.4 Å². The summed E-state index contributed by atoms with van der Waals surface area (Å²) in [7, 11) is 0. The van der Waals surface area contributed by atoms with Crippen LogP contribution in [0.3, 0.4) is 0 Å². The number of imide groups is 1. The first kappa shape index (κ1) is 9.20. The maximum absolute atomic E-state index is 11.8. The van der Waals surface area contributed by atoms with Crippen LogP contribution in [-0.4, -0.2) is 26.3 Å². The van der Waals surface area contributed by atoms with Crippen molar-refractivity contribution in [2.75, 3.05) is 0 Å². The number of hydrogen-bond donors (Lipinski definition) is 1. The molecule has 0 radical (unpaired) electrons. The van der Waals surface area contributed by atoms with Crippen molar-refractivity contribution in [3.8, 4) is 0 Å². The highest BCUT2D eigenvalue weighted by Crippen LogP contribution is 2.46. The monoisotopic (exact) mass is 220 g/mol. The Morgan fingerprint density at radius 3 is 2.75 bits per heavy atom. The maximum atomic E-state index is 11.8. The second kappa shape index (κ2) is 2.75. The maximum Gasteiger partial charge on any atom is 0.351 e. The molecule has 0 atom stereocenters. The Kier molecular flexibility index (Phi) is 1.58. The fourth-order valence-corrected chi connectivity index (χ4v) is 2.35. The predicted octanol–water partition coefficient (Wildman–Crippen LogP) is -1.60. The lowest BCUT2D eigenvalue weighted by Gasteiger charge is -2.49. The van der Waals surface area contributed by atoms with Crippen molar-refractivity contribution in [3.63, 3.8) is 0 Å². The smallest absolute Gasteiger partial charge is 0.294 e. The highest BCUT2D eigenvalue weighted by atomic mass is 16.2. The molecule has 82 valence electrons. The zero-order chi connectivity index (χ0) is 11.3. The third-order valence-electron chi connectivity index (χ3n) is 3.28. The molecule has 1 saturated carbocycles. The van der Waals surface area contributed by atoms with Crippen molar-refractivity contribution < 1.29 is 9.59 Å². The lowest BCUT2D eigenvalue weighted by atomic mass is 9.64.